The Bertz CT molecular complexity index is 1230. The van der Waals surface area contributed by atoms with Gasteiger partial charge in [0.25, 0.3) is 0 Å². The van der Waals surface area contributed by atoms with Crippen LogP contribution in [0.2, 0.25) is 5.02 Å². The van der Waals surface area contributed by atoms with Crippen molar-refractivity contribution >= 4 is 38.7 Å². The lowest BCUT2D eigenvalue weighted by molar-refractivity contribution is 0.211. The summed E-state index contributed by atoms with van der Waals surface area (Å²) in [5, 5.41) is 5.25. The maximum absolute atomic E-state index is 12.7. The fourth-order valence-corrected chi connectivity index (χ4v) is 5.39. The Balaban J connectivity index is 1.77. The highest BCUT2D eigenvalue weighted by Gasteiger charge is 2.37. The molecule has 1 fully saturated rings. The first-order valence-electron chi connectivity index (χ1n) is 9.68. The number of rotatable bonds is 7. The number of aryl methyl sites for hydroxylation is 2. The third-order valence-corrected chi connectivity index (χ3v) is 7.33. The second-order valence-corrected chi connectivity index (χ2v) is 10.1. The van der Waals surface area contributed by atoms with Crippen molar-refractivity contribution in [2.45, 2.75) is 37.9 Å². The van der Waals surface area contributed by atoms with E-state index in [-0.39, 0.29) is 6.42 Å². The van der Waals surface area contributed by atoms with E-state index >= 15 is 0 Å². The normalized spacial score (nSPS) is 15.4. The molecular weight excluding hydrogens is 428 g/mol. The molecule has 0 radical (unpaired) electrons. The molecule has 1 aromatic carbocycles. The molecule has 8 nitrogen and oxygen atoms in total. The number of primary amides is 1. The lowest BCUT2D eigenvalue weighted by Crippen LogP contribution is -2.31. The minimum absolute atomic E-state index is 0.175. The van der Waals surface area contributed by atoms with E-state index in [9.17, 15) is 13.2 Å². The molecule has 1 saturated carbocycles. The molecule has 3 aromatic rings. The van der Waals surface area contributed by atoms with Crippen LogP contribution >= 0.6 is 11.6 Å². The molecule has 10 heteroatoms. The first-order chi connectivity index (χ1) is 14.2. The van der Waals surface area contributed by atoms with Crippen LogP contribution in [0.5, 0.6) is 0 Å². The summed E-state index contributed by atoms with van der Waals surface area (Å²) in [6.45, 7) is 1.84. The van der Waals surface area contributed by atoms with Gasteiger partial charge in [-0.3, -0.25) is 4.68 Å². The zero-order valence-electron chi connectivity index (χ0n) is 16.7. The molecule has 0 bridgehead atoms. The van der Waals surface area contributed by atoms with Crippen molar-refractivity contribution in [3.05, 3.63) is 46.7 Å². The van der Waals surface area contributed by atoms with E-state index in [1.807, 2.05) is 49.0 Å². The van der Waals surface area contributed by atoms with Crippen LogP contribution in [0.25, 0.3) is 16.7 Å². The predicted octanol–water partition coefficient (Wildman–Crippen LogP) is 3.46. The van der Waals surface area contributed by atoms with Gasteiger partial charge in [-0.15, -0.1) is 0 Å². The second kappa shape index (κ2) is 7.63. The molecule has 160 valence electrons. The molecule has 0 saturated heterocycles. The van der Waals surface area contributed by atoms with E-state index in [0.29, 0.717) is 17.4 Å². The molecule has 2 heterocycles. The highest BCUT2D eigenvalue weighted by molar-refractivity contribution is 7.87. The van der Waals surface area contributed by atoms with E-state index < -0.39 is 21.5 Å². The number of halogens is 1. The smallest absolute Gasteiger partial charge is 0.334 e. The van der Waals surface area contributed by atoms with Crippen LogP contribution in [-0.4, -0.2) is 34.1 Å². The van der Waals surface area contributed by atoms with Gasteiger partial charge < -0.3 is 14.5 Å². The van der Waals surface area contributed by atoms with Crippen LogP contribution in [0.15, 0.2) is 30.5 Å². The highest BCUT2D eigenvalue weighted by Crippen LogP contribution is 2.37. The van der Waals surface area contributed by atoms with Crippen molar-refractivity contribution in [2.24, 2.45) is 18.7 Å². The van der Waals surface area contributed by atoms with Gasteiger partial charge >= 0.3 is 16.2 Å². The van der Waals surface area contributed by atoms with E-state index in [2.05, 4.69) is 9.28 Å². The number of nitrogens with zero attached hydrogens (tertiary/aromatic N) is 3. The van der Waals surface area contributed by atoms with Gasteiger partial charge in [0.05, 0.1) is 11.2 Å². The van der Waals surface area contributed by atoms with Gasteiger partial charge in [-0.05, 0) is 49.9 Å². The third-order valence-electron chi connectivity index (χ3n) is 5.53. The number of aromatic nitrogens is 3. The van der Waals surface area contributed by atoms with Gasteiger partial charge in [-0.2, -0.15) is 13.5 Å². The number of nitrogens with two attached hydrogens (primary N) is 1. The van der Waals surface area contributed by atoms with Crippen molar-refractivity contribution < 1.29 is 17.4 Å². The lowest BCUT2D eigenvalue weighted by atomic mass is 10.1. The molecule has 4 rings (SSSR count). The Morgan fingerprint density at radius 1 is 1.37 bits per heavy atom. The van der Waals surface area contributed by atoms with Gasteiger partial charge in [0.1, 0.15) is 11.1 Å². The molecule has 1 aliphatic carbocycles. The Labute approximate surface area is 179 Å². The highest BCUT2D eigenvalue weighted by atomic mass is 35.5. The Morgan fingerprint density at radius 3 is 2.77 bits per heavy atom. The minimum Gasteiger partial charge on any atom is -0.334 e. The quantitative estimate of drug-likeness (QED) is 0.554. The molecule has 0 aliphatic heterocycles. The first-order valence-corrected chi connectivity index (χ1v) is 11.5. The average molecular weight is 451 g/mol. The molecular formula is C20H23ClN4O4S. The lowest BCUT2D eigenvalue weighted by Gasteiger charge is -2.18. The zero-order chi connectivity index (χ0) is 21.6. The number of carbonyl (C=O) groups excluding carboxylic acids is 1. The molecule has 30 heavy (non-hydrogen) atoms. The molecule has 2 N–H and O–H groups in total. The first kappa shape index (κ1) is 20.7. The summed E-state index contributed by atoms with van der Waals surface area (Å²) in [5.74, 6) is 1.08. The Hall–Kier alpha value is -2.52. The summed E-state index contributed by atoms with van der Waals surface area (Å²) in [6.07, 6.45) is 3.15. The van der Waals surface area contributed by atoms with Crippen molar-refractivity contribution in [3.63, 3.8) is 0 Å². The van der Waals surface area contributed by atoms with Crippen LogP contribution < -0.4 is 5.73 Å². The van der Waals surface area contributed by atoms with Gasteiger partial charge in [0.15, 0.2) is 0 Å². The van der Waals surface area contributed by atoms with Gasteiger partial charge in [-0.25, -0.2) is 4.79 Å². The van der Waals surface area contributed by atoms with E-state index in [4.69, 9.17) is 17.3 Å². The maximum atomic E-state index is 12.7. The fourth-order valence-electron chi connectivity index (χ4n) is 3.97. The van der Waals surface area contributed by atoms with Crippen LogP contribution in [0.3, 0.4) is 0 Å². The molecule has 1 aliphatic rings. The van der Waals surface area contributed by atoms with Gasteiger partial charge in [0, 0.05) is 29.2 Å². The van der Waals surface area contributed by atoms with Crippen LogP contribution in [-0.2, 0) is 27.8 Å². The second-order valence-electron chi connectivity index (χ2n) is 7.80. The van der Waals surface area contributed by atoms with Crippen LogP contribution in [0, 0.1) is 12.8 Å². The number of carbonyl (C=O) groups is 1. The minimum atomic E-state index is -4.15. The maximum Gasteiger partial charge on any atom is 0.420 e. The number of benzene rings is 1. The van der Waals surface area contributed by atoms with Crippen molar-refractivity contribution in [1.29, 1.82) is 0 Å². The molecule has 0 spiro atoms. The molecule has 1 unspecified atom stereocenters. The Morgan fingerprint density at radius 2 is 2.10 bits per heavy atom. The number of fused-ring (bicyclic) bond motifs is 1. The summed E-state index contributed by atoms with van der Waals surface area (Å²) < 4.78 is 33.6. The monoisotopic (exact) mass is 450 g/mol. The Kier molecular flexibility index (Phi) is 5.27. The van der Waals surface area contributed by atoms with Crippen molar-refractivity contribution in [3.8, 4) is 5.82 Å². The standard InChI is InChI=1S/C20H23ClN4O4S/c1-12-17(11-16(9-13-3-4-13)30(27,28)29-20(22)26)19(24(2)23-12)25-8-7-14-10-15(21)5-6-18(14)25/h5-8,10,13,16H,3-4,9,11H2,1-2H3,(H2,22,26). The third kappa shape index (κ3) is 4.04. The summed E-state index contributed by atoms with van der Waals surface area (Å²) in [5.41, 5.74) is 7.43. The molecule has 1 atom stereocenters. The number of hydrogen-bond donors (Lipinski definition) is 1. The average Bonchev–Trinajstić information content (AvgIpc) is 3.30. The number of hydrogen-bond acceptors (Lipinski definition) is 5. The largest absolute Gasteiger partial charge is 0.420 e. The van der Waals surface area contributed by atoms with Gasteiger partial charge in [-0.1, -0.05) is 24.4 Å². The van der Waals surface area contributed by atoms with Crippen LogP contribution in [0.1, 0.15) is 30.5 Å². The van der Waals surface area contributed by atoms with Gasteiger partial charge in [0.2, 0.25) is 0 Å². The van der Waals surface area contributed by atoms with Crippen molar-refractivity contribution in [1.82, 2.24) is 14.3 Å². The molecule has 1 amide bonds. The summed E-state index contributed by atoms with van der Waals surface area (Å²) >= 11 is 6.11. The van der Waals surface area contributed by atoms with Crippen LogP contribution in [0.4, 0.5) is 4.79 Å². The fraction of sp³-hybridized carbons (Fsp3) is 0.400. The summed E-state index contributed by atoms with van der Waals surface area (Å²) in [7, 11) is -2.34. The summed E-state index contributed by atoms with van der Waals surface area (Å²) in [6, 6.07) is 7.54. The van der Waals surface area contributed by atoms with Crippen molar-refractivity contribution in [2.75, 3.05) is 0 Å². The molecule has 2 aromatic heterocycles. The predicted molar refractivity (Wildman–Crippen MR) is 114 cm³/mol. The van der Waals surface area contributed by atoms with E-state index in [1.165, 1.54) is 0 Å². The SMILES string of the molecule is Cc1nn(C)c(-n2ccc3cc(Cl)ccc32)c1CC(CC1CC1)S(=O)(=O)OC(N)=O. The summed E-state index contributed by atoms with van der Waals surface area (Å²) in [4.78, 5) is 11.2. The zero-order valence-corrected chi connectivity index (χ0v) is 18.3. The topological polar surface area (TPSA) is 109 Å². The van der Waals surface area contributed by atoms with E-state index in [1.54, 1.807) is 4.68 Å². The number of amides is 1. The van der Waals surface area contributed by atoms with E-state index in [0.717, 1.165) is 40.8 Å².